The SMILES string of the molecule is O=C(Nc1ccc(F)cc1)Nc1nc(C(=O)N2CCc3ccccc3C2)cs1. The molecular formula is C20H17FN4O2S. The van der Waals surface area contributed by atoms with Crippen LogP contribution in [-0.4, -0.2) is 28.4 Å². The molecule has 28 heavy (non-hydrogen) atoms. The number of nitrogens with one attached hydrogen (secondary N) is 2. The van der Waals surface area contributed by atoms with Crippen molar-refractivity contribution in [3.05, 3.63) is 76.5 Å². The Morgan fingerprint density at radius 1 is 1.04 bits per heavy atom. The summed E-state index contributed by atoms with van der Waals surface area (Å²) >= 11 is 1.18. The number of anilines is 2. The molecule has 4 rings (SSSR count). The Morgan fingerprint density at radius 3 is 2.57 bits per heavy atom. The normalized spacial score (nSPS) is 13.0. The number of amides is 3. The number of nitrogens with zero attached hydrogens (tertiary/aromatic N) is 2. The van der Waals surface area contributed by atoms with Crippen LogP contribution in [0.5, 0.6) is 0 Å². The van der Waals surface area contributed by atoms with E-state index in [1.807, 2.05) is 18.2 Å². The van der Waals surface area contributed by atoms with Gasteiger partial charge in [0.05, 0.1) is 0 Å². The largest absolute Gasteiger partial charge is 0.333 e. The zero-order chi connectivity index (χ0) is 19.5. The highest BCUT2D eigenvalue weighted by Gasteiger charge is 2.23. The van der Waals surface area contributed by atoms with E-state index in [2.05, 4.69) is 21.7 Å². The Labute approximate surface area is 165 Å². The molecule has 0 spiro atoms. The fraction of sp³-hybridized carbons (Fsp3) is 0.150. The van der Waals surface area contributed by atoms with Crippen molar-refractivity contribution < 1.29 is 14.0 Å². The molecule has 2 heterocycles. The van der Waals surface area contributed by atoms with E-state index in [-0.39, 0.29) is 11.7 Å². The van der Waals surface area contributed by atoms with Gasteiger partial charge in [-0.2, -0.15) is 0 Å². The summed E-state index contributed by atoms with van der Waals surface area (Å²) in [4.78, 5) is 30.8. The molecule has 3 amide bonds. The van der Waals surface area contributed by atoms with Crippen molar-refractivity contribution >= 4 is 34.1 Å². The van der Waals surface area contributed by atoms with Crippen molar-refractivity contribution in [2.24, 2.45) is 0 Å². The predicted octanol–water partition coefficient (Wildman–Crippen LogP) is 4.12. The van der Waals surface area contributed by atoms with Gasteiger partial charge in [0.1, 0.15) is 11.5 Å². The van der Waals surface area contributed by atoms with E-state index >= 15 is 0 Å². The molecule has 1 aliphatic heterocycles. The van der Waals surface area contributed by atoms with Gasteiger partial charge in [-0.1, -0.05) is 24.3 Å². The van der Waals surface area contributed by atoms with Gasteiger partial charge in [-0.15, -0.1) is 11.3 Å². The summed E-state index contributed by atoms with van der Waals surface area (Å²) in [6.45, 7) is 1.20. The summed E-state index contributed by atoms with van der Waals surface area (Å²) in [5.41, 5.74) is 3.18. The third-order valence-corrected chi connectivity index (χ3v) is 5.22. The Bertz CT molecular complexity index is 1020. The lowest BCUT2D eigenvalue weighted by atomic mass is 10.00. The Kier molecular flexibility index (Phi) is 5.03. The van der Waals surface area contributed by atoms with E-state index in [4.69, 9.17) is 0 Å². The molecule has 0 aliphatic carbocycles. The Hall–Kier alpha value is -3.26. The molecule has 8 heteroatoms. The maximum Gasteiger partial charge on any atom is 0.325 e. The lowest BCUT2D eigenvalue weighted by Crippen LogP contribution is -2.36. The van der Waals surface area contributed by atoms with Crippen LogP contribution in [-0.2, 0) is 13.0 Å². The predicted molar refractivity (Wildman–Crippen MR) is 106 cm³/mol. The van der Waals surface area contributed by atoms with Crippen LogP contribution in [0.3, 0.4) is 0 Å². The second-order valence-corrected chi connectivity index (χ2v) is 7.23. The van der Waals surface area contributed by atoms with Gasteiger partial charge in [-0.05, 0) is 41.8 Å². The summed E-state index contributed by atoms with van der Waals surface area (Å²) in [6.07, 6.45) is 0.817. The number of hydrogen-bond acceptors (Lipinski definition) is 4. The van der Waals surface area contributed by atoms with Crippen molar-refractivity contribution in [2.75, 3.05) is 17.2 Å². The van der Waals surface area contributed by atoms with Gasteiger partial charge in [0, 0.05) is 24.2 Å². The van der Waals surface area contributed by atoms with E-state index in [0.29, 0.717) is 29.6 Å². The van der Waals surface area contributed by atoms with Crippen LogP contribution in [0.2, 0.25) is 0 Å². The van der Waals surface area contributed by atoms with Gasteiger partial charge < -0.3 is 10.2 Å². The van der Waals surface area contributed by atoms with Gasteiger partial charge in [0.15, 0.2) is 5.13 Å². The maximum absolute atomic E-state index is 12.9. The number of rotatable bonds is 3. The highest BCUT2D eigenvalue weighted by Crippen LogP contribution is 2.22. The molecule has 0 saturated heterocycles. The van der Waals surface area contributed by atoms with E-state index < -0.39 is 6.03 Å². The average molecular weight is 396 g/mol. The summed E-state index contributed by atoms with van der Waals surface area (Å²) in [5, 5.41) is 7.13. The molecule has 3 aromatic rings. The number of benzene rings is 2. The number of hydrogen-bond donors (Lipinski definition) is 2. The molecule has 6 nitrogen and oxygen atoms in total. The molecule has 2 aromatic carbocycles. The quantitative estimate of drug-likeness (QED) is 0.699. The lowest BCUT2D eigenvalue weighted by molar-refractivity contribution is 0.0729. The van der Waals surface area contributed by atoms with E-state index in [1.54, 1.807) is 10.3 Å². The molecule has 1 aromatic heterocycles. The number of carbonyl (C=O) groups excluding carboxylic acids is 2. The molecule has 0 unspecified atom stereocenters. The Morgan fingerprint density at radius 2 is 1.79 bits per heavy atom. The highest BCUT2D eigenvalue weighted by molar-refractivity contribution is 7.14. The fourth-order valence-corrected chi connectivity index (χ4v) is 3.73. The first-order chi connectivity index (χ1) is 13.6. The molecular weight excluding hydrogens is 379 g/mol. The molecule has 2 N–H and O–H groups in total. The second kappa shape index (κ2) is 7.77. The highest BCUT2D eigenvalue weighted by atomic mass is 32.1. The van der Waals surface area contributed by atoms with E-state index in [0.717, 1.165) is 12.0 Å². The van der Waals surface area contributed by atoms with E-state index in [9.17, 15) is 14.0 Å². The van der Waals surface area contributed by atoms with Crippen LogP contribution in [0.15, 0.2) is 53.9 Å². The van der Waals surface area contributed by atoms with Gasteiger partial charge in [-0.25, -0.2) is 14.2 Å². The minimum absolute atomic E-state index is 0.155. The average Bonchev–Trinajstić information content (AvgIpc) is 3.17. The lowest BCUT2D eigenvalue weighted by Gasteiger charge is -2.28. The minimum atomic E-state index is -0.508. The Balaban J connectivity index is 1.38. The summed E-state index contributed by atoms with van der Waals surface area (Å²) in [7, 11) is 0. The van der Waals surface area contributed by atoms with Crippen molar-refractivity contribution in [3.63, 3.8) is 0 Å². The first-order valence-electron chi connectivity index (χ1n) is 8.73. The van der Waals surface area contributed by atoms with Gasteiger partial charge in [-0.3, -0.25) is 10.1 Å². The second-order valence-electron chi connectivity index (χ2n) is 6.37. The standard InChI is InChI=1S/C20H17FN4O2S/c21-15-5-7-16(8-6-15)22-19(27)24-20-23-17(12-28-20)18(26)25-10-9-13-3-1-2-4-14(13)11-25/h1-8,12H,9-11H2,(H2,22,23,24,27). The van der Waals surface area contributed by atoms with E-state index in [1.165, 1.54) is 41.2 Å². The van der Waals surface area contributed by atoms with Gasteiger partial charge in [0.2, 0.25) is 0 Å². The minimum Gasteiger partial charge on any atom is -0.333 e. The first-order valence-corrected chi connectivity index (χ1v) is 9.61. The number of halogens is 1. The molecule has 0 bridgehead atoms. The number of aromatic nitrogens is 1. The molecule has 0 radical (unpaired) electrons. The van der Waals surface area contributed by atoms with Crippen LogP contribution in [0.4, 0.5) is 20.0 Å². The molecule has 0 atom stereocenters. The van der Waals surface area contributed by atoms with Gasteiger partial charge >= 0.3 is 6.03 Å². The topological polar surface area (TPSA) is 74.3 Å². The smallest absolute Gasteiger partial charge is 0.325 e. The summed E-state index contributed by atoms with van der Waals surface area (Å²) < 4.78 is 12.9. The van der Waals surface area contributed by atoms with Crippen LogP contribution < -0.4 is 10.6 Å². The third kappa shape index (κ3) is 4.01. The summed E-state index contributed by atoms with van der Waals surface area (Å²) in [5.74, 6) is -0.535. The van der Waals surface area contributed by atoms with Crippen molar-refractivity contribution in [3.8, 4) is 0 Å². The number of thiazole rings is 1. The van der Waals surface area contributed by atoms with Crippen LogP contribution >= 0.6 is 11.3 Å². The zero-order valence-corrected chi connectivity index (χ0v) is 15.6. The maximum atomic E-state index is 12.9. The van der Waals surface area contributed by atoms with Crippen molar-refractivity contribution in [2.45, 2.75) is 13.0 Å². The zero-order valence-electron chi connectivity index (χ0n) is 14.8. The number of fused-ring (bicyclic) bond motifs is 1. The first kappa shape index (κ1) is 18.1. The molecule has 0 saturated carbocycles. The molecule has 0 fully saturated rings. The number of carbonyl (C=O) groups is 2. The molecule has 142 valence electrons. The van der Waals surface area contributed by atoms with Crippen molar-refractivity contribution in [1.82, 2.24) is 9.88 Å². The summed E-state index contributed by atoms with van der Waals surface area (Å²) in [6, 6.07) is 13.0. The molecule has 1 aliphatic rings. The monoisotopic (exact) mass is 396 g/mol. The van der Waals surface area contributed by atoms with Gasteiger partial charge in [0.25, 0.3) is 5.91 Å². The third-order valence-electron chi connectivity index (χ3n) is 4.46. The fourth-order valence-electron chi connectivity index (χ4n) is 3.05. The number of urea groups is 1. The van der Waals surface area contributed by atoms with Crippen molar-refractivity contribution in [1.29, 1.82) is 0 Å². The van der Waals surface area contributed by atoms with Crippen LogP contribution in [0.1, 0.15) is 21.6 Å². The van der Waals surface area contributed by atoms with Crippen LogP contribution in [0.25, 0.3) is 0 Å². The van der Waals surface area contributed by atoms with Crippen LogP contribution in [0, 0.1) is 5.82 Å².